The van der Waals surface area contributed by atoms with Crippen molar-refractivity contribution in [2.24, 2.45) is 5.92 Å². The van der Waals surface area contributed by atoms with Gasteiger partial charge in [-0.3, -0.25) is 14.4 Å². The maximum Gasteiger partial charge on any atom is 0.423 e. The predicted molar refractivity (Wildman–Crippen MR) is 143 cm³/mol. The summed E-state index contributed by atoms with van der Waals surface area (Å²) in [4.78, 5) is 49.6. The number of hydrogen-bond donors (Lipinski definition) is 1. The van der Waals surface area contributed by atoms with Crippen LogP contribution in [0.3, 0.4) is 0 Å². The summed E-state index contributed by atoms with van der Waals surface area (Å²) in [7, 11) is 0. The monoisotopic (exact) mass is 516 g/mol. The number of nitrogens with one attached hydrogen (secondary N) is 1. The van der Waals surface area contributed by atoms with Crippen molar-refractivity contribution in [2.75, 3.05) is 6.61 Å². The van der Waals surface area contributed by atoms with E-state index in [1.807, 2.05) is 42.5 Å². The molecule has 0 aromatic heterocycles. The number of rotatable bonds is 9. The molecule has 1 aliphatic heterocycles. The highest BCUT2D eigenvalue weighted by molar-refractivity contribution is 6.13. The topological polar surface area (TPSA) is 92.8 Å². The second kappa shape index (κ2) is 11.9. The third kappa shape index (κ3) is 5.66. The van der Waals surface area contributed by atoms with Gasteiger partial charge in [-0.1, -0.05) is 87.4 Å². The summed E-state index contributed by atoms with van der Waals surface area (Å²) < 4.78 is 5.48. The summed E-state index contributed by atoms with van der Waals surface area (Å²) in [6.45, 7) is 0.457. The molecule has 2 fully saturated rings. The maximum atomic E-state index is 12.6. The number of unbranched alkanes of at least 4 members (excludes halogenated alkanes) is 1. The molecule has 5 rings (SSSR count). The van der Waals surface area contributed by atoms with Crippen LogP contribution in [0.4, 0.5) is 4.79 Å². The fourth-order valence-corrected chi connectivity index (χ4v) is 6.24. The van der Waals surface area contributed by atoms with Gasteiger partial charge < -0.3 is 10.1 Å². The van der Waals surface area contributed by atoms with Gasteiger partial charge in [0.2, 0.25) is 17.7 Å². The molecule has 38 heavy (non-hydrogen) atoms. The van der Waals surface area contributed by atoms with Crippen LogP contribution >= 0.6 is 0 Å². The van der Waals surface area contributed by atoms with Gasteiger partial charge in [-0.2, -0.15) is 4.90 Å². The zero-order valence-electron chi connectivity index (χ0n) is 21.9. The predicted octanol–water partition coefficient (Wildman–Crippen LogP) is 5.84. The van der Waals surface area contributed by atoms with Gasteiger partial charge in [0.25, 0.3) is 0 Å². The largest absolute Gasteiger partial charge is 0.448 e. The lowest BCUT2D eigenvalue weighted by Gasteiger charge is -2.21. The Labute approximate surface area is 223 Å². The summed E-state index contributed by atoms with van der Waals surface area (Å²) in [5.74, 6) is -0.322. The van der Waals surface area contributed by atoms with Crippen molar-refractivity contribution >= 4 is 23.8 Å². The Morgan fingerprint density at radius 3 is 2.42 bits per heavy atom. The van der Waals surface area contributed by atoms with Crippen LogP contribution in [0, 0.1) is 5.92 Å². The number of ether oxygens (including phenoxy) is 1. The maximum absolute atomic E-state index is 12.6. The van der Waals surface area contributed by atoms with Gasteiger partial charge in [0.1, 0.15) is 6.61 Å². The Bertz CT molecular complexity index is 1200. The summed E-state index contributed by atoms with van der Waals surface area (Å²) in [5.41, 5.74) is 5.15. The Morgan fingerprint density at radius 2 is 1.63 bits per heavy atom. The van der Waals surface area contributed by atoms with Gasteiger partial charge >= 0.3 is 6.09 Å². The van der Waals surface area contributed by atoms with E-state index in [4.69, 9.17) is 4.74 Å². The van der Waals surface area contributed by atoms with Crippen molar-refractivity contribution in [2.45, 2.75) is 83.1 Å². The Kier molecular flexibility index (Phi) is 8.20. The van der Waals surface area contributed by atoms with Crippen LogP contribution in [0.1, 0.15) is 93.2 Å². The second-order valence-corrected chi connectivity index (χ2v) is 10.7. The first-order valence-electron chi connectivity index (χ1n) is 14.0. The van der Waals surface area contributed by atoms with Gasteiger partial charge in [0.15, 0.2) is 0 Å². The molecule has 0 radical (unpaired) electrons. The number of nitrogens with zero attached hydrogens (tertiary/aromatic N) is 1. The first-order valence-corrected chi connectivity index (χ1v) is 14.0. The zero-order chi connectivity index (χ0) is 26.5. The van der Waals surface area contributed by atoms with Gasteiger partial charge in [-0.15, -0.1) is 0 Å². The Morgan fingerprint density at radius 1 is 0.895 bits per heavy atom. The number of imide groups is 3. The SMILES string of the molecule is O=C(CCCCC1CCCCC1)NCc1cccc2c1-c1ccccc1C2COC(=O)N1C(=O)CCC1=O. The van der Waals surface area contributed by atoms with E-state index in [0.29, 0.717) is 17.9 Å². The average molecular weight is 517 g/mol. The van der Waals surface area contributed by atoms with Gasteiger partial charge in [-0.05, 0) is 40.2 Å². The molecule has 2 aromatic rings. The van der Waals surface area contributed by atoms with Crippen LogP contribution in [-0.2, 0) is 25.7 Å². The highest BCUT2D eigenvalue weighted by Crippen LogP contribution is 2.46. The fraction of sp³-hybridized carbons (Fsp3) is 0.484. The van der Waals surface area contributed by atoms with Crippen LogP contribution in [0.5, 0.6) is 0 Å². The molecule has 1 N–H and O–H groups in total. The van der Waals surface area contributed by atoms with Crippen LogP contribution in [0.25, 0.3) is 11.1 Å². The molecule has 1 unspecified atom stereocenters. The summed E-state index contributed by atoms with van der Waals surface area (Å²) >= 11 is 0. The summed E-state index contributed by atoms with van der Waals surface area (Å²) in [6.07, 6.45) is 9.78. The third-order valence-electron chi connectivity index (χ3n) is 8.24. The first kappa shape index (κ1) is 26.1. The number of benzene rings is 2. The number of hydrogen-bond acceptors (Lipinski definition) is 5. The molecule has 4 amide bonds. The fourth-order valence-electron chi connectivity index (χ4n) is 6.24. The molecule has 200 valence electrons. The van der Waals surface area contributed by atoms with Crippen molar-refractivity contribution in [3.63, 3.8) is 0 Å². The van der Waals surface area contributed by atoms with E-state index in [-0.39, 0.29) is 31.3 Å². The molecule has 1 atom stereocenters. The lowest BCUT2D eigenvalue weighted by Crippen LogP contribution is -2.36. The van der Waals surface area contributed by atoms with E-state index in [2.05, 4.69) is 5.32 Å². The highest BCUT2D eigenvalue weighted by atomic mass is 16.6. The second-order valence-electron chi connectivity index (χ2n) is 10.7. The minimum absolute atomic E-state index is 0.0245. The smallest absolute Gasteiger partial charge is 0.423 e. The molecule has 7 heteroatoms. The molecule has 7 nitrogen and oxygen atoms in total. The van der Waals surface area contributed by atoms with Crippen LogP contribution < -0.4 is 5.32 Å². The molecule has 3 aliphatic rings. The molecule has 0 spiro atoms. The summed E-state index contributed by atoms with van der Waals surface area (Å²) in [5, 5.41) is 3.10. The van der Waals surface area contributed by atoms with Crippen molar-refractivity contribution in [3.8, 4) is 11.1 Å². The van der Waals surface area contributed by atoms with Crippen LogP contribution in [-0.4, -0.2) is 35.3 Å². The number of carbonyl (C=O) groups excluding carboxylic acids is 4. The first-order chi connectivity index (χ1) is 18.5. The van der Waals surface area contributed by atoms with Gasteiger partial charge in [0.05, 0.1) is 0 Å². The van der Waals surface area contributed by atoms with E-state index < -0.39 is 17.9 Å². The molecule has 2 aliphatic carbocycles. The normalized spacial score (nSPS) is 18.8. The quantitative estimate of drug-likeness (QED) is 0.334. The average Bonchev–Trinajstić information content (AvgIpc) is 3.45. The minimum Gasteiger partial charge on any atom is -0.448 e. The van der Waals surface area contributed by atoms with Crippen molar-refractivity contribution in [1.82, 2.24) is 10.2 Å². The van der Waals surface area contributed by atoms with Crippen molar-refractivity contribution in [1.29, 1.82) is 0 Å². The Hall–Kier alpha value is -3.48. The molecule has 1 saturated heterocycles. The zero-order valence-corrected chi connectivity index (χ0v) is 21.9. The molecule has 1 saturated carbocycles. The van der Waals surface area contributed by atoms with Crippen molar-refractivity contribution in [3.05, 3.63) is 59.2 Å². The number of likely N-dealkylation sites (tertiary alicyclic amines) is 1. The van der Waals surface area contributed by atoms with Gasteiger partial charge in [-0.25, -0.2) is 4.79 Å². The van der Waals surface area contributed by atoms with Crippen molar-refractivity contribution < 1.29 is 23.9 Å². The molecule has 1 heterocycles. The molecular weight excluding hydrogens is 480 g/mol. The molecular formula is C31H36N2O5. The number of carbonyl (C=O) groups is 4. The lowest BCUT2D eigenvalue weighted by atomic mass is 9.85. The van der Waals surface area contributed by atoms with E-state index in [9.17, 15) is 19.2 Å². The minimum atomic E-state index is -0.907. The lowest BCUT2D eigenvalue weighted by molar-refractivity contribution is -0.136. The van der Waals surface area contributed by atoms with Crippen LogP contribution in [0.2, 0.25) is 0 Å². The number of fused-ring (bicyclic) bond motifs is 3. The van der Waals surface area contributed by atoms with Crippen LogP contribution in [0.15, 0.2) is 42.5 Å². The van der Waals surface area contributed by atoms with Gasteiger partial charge in [0, 0.05) is 31.7 Å². The van der Waals surface area contributed by atoms with E-state index >= 15 is 0 Å². The number of amides is 4. The Balaban J connectivity index is 1.20. The van der Waals surface area contributed by atoms with E-state index in [1.54, 1.807) is 0 Å². The highest BCUT2D eigenvalue weighted by Gasteiger charge is 2.37. The van der Waals surface area contributed by atoms with E-state index in [1.165, 1.54) is 38.5 Å². The molecule has 2 aromatic carbocycles. The third-order valence-corrected chi connectivity index (χ3v) is 8.24. The van der Waals surface area contributed by atoms with E-state index in [0.717, 1.165) is 46.6 Å². The standard InChI is InChI=1S/C31H36N2O5/c34-27(16-7-4-11-21-9-2-1-3-10-21)32-19-22-12-8-15-25-26(23-13-5-6-14-24(23)30(22)25)20-38-31(37)33-28(35)17-18-29(33)36/h5-6,8,12-15,21,26H,1-4,7,9-11,16-20H2,(H,32,34). The molecule has 0 bridgehead atoms. The summed E-state index contributed by atoms with van der Waals surface area (Å²) in [6, 6.07) is 14.0.